The highest BCUT2D eigenvalue weighted by Gasteiger charge is 2.22. The van der Waals surface area contributed by atoms with E-state index in [2.05, 4.69) is 39.4 Å². The van der Waals surface area contributed by atoms with Gasteiger partial charge in [0.15, 0.2) is 0 Å². The van der Waals surface area contributed by atoms with E-state index in [4.69, 9.17) is 0 Å². The van der Waals surface area contributed by atoms with Crippen LogP contribution in [0.25, 0.3) is 0 Å². The van der Waals surface area contributed by atoms with Crippen LogP contribution in [0.5, 0.6) is 0 Å². The molecule has 1 N–H and O–H groups in total. The van der Waals surface area contributed by atoms with Gasteiger partial charge in [0.1, 0.15) is 0 Å². The van der Waals surface area contributed by atoms with Crippen LogP contribution in [0.3, 0.4) is 0 Å². The van der Waals surface area contributed by atoms with E-state index >= 15 is 0 Å². The molecule has 1 unspecified atom stereocenters. The predicted octanol–water partition coefficient (Wildman–Crippen LogP) is 3.84. The summed E-state index contributed by atoms with van der Waals surface area (Å²) < 4.78 is 2.21. The van der Waals surface area contributed by atoms with Crippen molar-refractivity contribution in [2.45, 2.75) is 45.2 Å². The van der Waals surface area contributed by atoms with Gasteiger partial charge in [0.05, 0.1) is 6.04 Å². The number of thiophene rings is 1. The maximum Gasteiger partial charge on any atom is 0.203 e. The number of rotatable bonds is 4. The summed E-state index contributed by atoms with van der Waals surface area (Å²) >= 11 is 1.89. The minimum absolute atomic E-state index is 0.443. The zero-order valence-corrected chi connectivity index (χ0v) is 11.5. The fourth-order valence-corrected chi connectivity index (χ4v) is 3.65. The predicted molar refractivity (Wildman–Crippen MR) is 76.1 cm³/mol. The highest BCUT2D eigenvalue weighted by molar-refractivity contribution is 7.10. The monoisotopic (exact) mass is 261 g/mol. The van der Waals surface area contributed by atoms with E-state index in [9.17, 15) is 0 Å². The van der Waals surface area contributed by atoms with Crippen molar-refractivity contribution in [1.29, 1.82) is 0 Å². The number of aromatic nitrogens is 2. The largest absolute Gasteiger partial charge is 0.349 e. The molecule has 0 saturated heterocycles. The summed E-state index contributed by atoms with van der Waals surface area (Å²) in [6.45, 7) is 3.23. The maximum atomic E-state index is 4.44. The second kappa shape index (κ2) is 5.14. The third-order valence-corrected chi connectivity index (χ3v) is 4.53. The zero-order valence-electron chi connectivity index (χ0n) is 10.7. The van der Waals surface area contributed by atoms with Gasteiger partial charge in [0, 0.05) is 23.8 Å². The van der Waals surface area contributed by atoms with E-state index in [1.165, 1.54) is 24.8 Å². The van der Waals surface area contributed by atoms with E-state index in [0.717, 1.165) is 18.9 Å². The van der Waals surface area contributed by atoms with Crippen LogP contribution in [-0.4, -0.2) is 9.55 Å². The summed E-state index contributed by atoms with van der Waals surface area (Å²) in [6, 6.07) is 2.71. The van der Waals surface area contributed by atoms with Crippen molar-refractivity contribution in [1.82, 2.24) is 9.55 Å². The molecule has 3 nitrogen and oxygen atoms in total. The molecule has 3 rings (SSSR count). The van der Waals surface area contributed by atoms with Crippen LogP contribution in [0, 0.1) is 0 Å². The summed E-state index contributed by atoms with van der Waals surface area (Å²) in [5.41, 5.74) is 1.48. The Bertz CT molecular complexity index is 515. The Kier molecular flexibility index (Phi) is 3.37. The first-order valence-corrected chi connectivity index (χ1v) is 7.60. The molecule has 0 aliphatic heterocycles. The zero-order chi connectivity index (χ0) is 12.4. The van der Waals surface area contributed by atoms with Gasteiger partial charge in [-0.15, -0.1) is 11.3 Å². The molecular formula is C14H19N3S. The van der Waals surface area contributed by atoms with Gasteiger partial charge in [-0.1, -0.05) is 6.92 Å². The number of anilines is 1. The van der Waals surface area contributed by atoms with Gasteiger partial charge < -0.3 is 9.88 Å². The Morgan fingerprint density at radius 1 is 1.56 bits per heavy atom. The molecule has 4 heteroatoms. The van der Waals surface area contributed by atoms with Crippen LogP contribution < -0.4 is 5.32 Å². The van der Waals surface area contributed by atoms with E-state index < -0.39 is 0 Å². The Morgan fingerprint density at radius 2 is 2.50 bits per heavy atom. The fraction of sp³-hybridized carbons (Fsp3) is 0.500. The summed E-state index contributed by atoms with van der Waals surface area (Å²) in [5.74, 6) is 1.01. The molecule has 0 aromatic carbocycles. The van der Waals surface area contributed by atoms with Gasteiger partial charge >= 0.3 is 0 Å². The quantitative estimate of drug-likeness (QED) is 0.906. The summed E-state index contributed by atoms with van der Waals surface area (Å²) in [7, 11) is 0. The van der Waals surface area contributed by atoms with Crippen molar-refractivity contribution < 1.29 is 0 Å². The number of hydrogen-bond donors (Lipinski definition) is 1. The Labute approximate surface area is 112 Å². The first-order chi connectivity index (χ1) is 8.88. The SMILES string of the molecule is CCCn1ccnc1NC1CCCc2sccc21. The third-order valence-electron chi connectivity index (χ3n) is 3.54. The lowest BCUT2D eigenvalue weighted by molar-refractivity contribution is 0.593. The first kappa shape index (κ1) is 11.8. The van der Waals surface area contributed by atoms with Crippen molar-refractivity contribution in [3.05, 3.63) is 34.3 Å². The van der Waals surface area contributed by atoms with Crippen LogP contribution in [0.2, 0.25) is 0 Å². The van der Waals surface area contributed by atoms with Crippen LogP contribution in [-0.2, 0) is 13.0 Å². The van der Waals surface area contributed by atoms with Gasteiger partial charge in [-0.2, -0.15) is 0 Å². The van der Waals surface area contributed by atoms with Crippen molar-refractivity contribution in [2.75, 3.05) is 5.32 Å². The lowest BCUT2D eigenvalue weighted by Crippen LogP contribution is -2.18. The number of aryl methyl sites for hydroxylation is 2. The number of imidazole rings is 1. The number of fused-ring (bicyclic) bond motifs is 1. The molecule has 0 saturated carbocycles. The average Bonchev–Trinajstić information content (AvgIpc) is 3.00. The Hall–Kier alpha value is -1.29. The molecule has 2 aromatic rings. The molecule has 0 radical (unpaired) electrons. The van der Waals surface area contributed by atoms with Crippen molar-refractivity contribution >= 4 is 17.3 Å². The van der Waals surface area contributed by atoms with E-state index in [0.29, 0.717) is 6.04 Å². The Balaban J connectivity index is 1.79. The molecule has 0 amide bonds. The normalized spacial score (nSPS) is 18.6. The molecule has 18 heavy (non-hydrogen) atoms. The van der Waals surface area contributed by atoms with E-state index in [-0.39, 0.29) is 0 Å². The molecule has 1 atom stereocenters. The van der Waals surface area contributed by atoms with Crippen molar-refractivity contribution in [2.24, 2.45) is 0 Å². The lowest BCUT2D eigenvalue weighted by Gasteiger charge is -2.24. The second-order valence-corrected chi connectivity index (χ2v) is 5.83. The van der Waals surface area contributed by atoms with Crippen LogP contribution >= 0.6 is 11.3 Å². The van der Waals surface area contributed by atoms with Crippen LogP contribution in [0.1, 0.15) is 42.7 Å². The van der Waals surface area contributed by atoms with Crippen molar-refractivity contribution in [3.63, 3.8) is 0 Å². The average molecular weight is 261 g/mol. The summed E-state index contributed by atoms with van der Waals surface area (Å²) in [6.07, 6.45) is 8.81. The Morgan fingerprint density at radius 3 is 3.39 bits per heavy atom. The van der Waals surface area contributed by atoms with Crippen molar-refractivity contribution in [3.8, 4) is 0 Å². The topological polar surface area (TPSA) is 29.9 Å². The lowest BCUT2D eigenvalue weighted by atomic mass is 9.94. The minimum Gasteiger partial charge on any atom is -0.349 e. The first-order valence-electron chi connectivity index (χ1n) is 6.72. The highest BCUT2D eigenvalue weighted by Crippen LogP contribution is 2.35. The second-order valence-electron chi connectivity index (χ2n) is 4.83. The molecule has 2 aromatic heterocycles. The standard InChI is InChI=1S/C14H19N3S/c1-2-8-17-9-7-15-14(17)16-12-4-3-5-13-11(12)6-10-18-13/h6-7,9-10,12H,2-5,8H2,1H3,(H,15,16). The molecule has 1 aliphatic carbocycles. The van der Waals surface area contributed by atoms with Gasteiger partial charge in [0.25, 0.3) is 0 Å². The number of nitrogens with one attached hydrogen (secondary N) is 1. The van der Waals surface area contributed by atoms with Gasteiger partial charge in [-0.05, 0) is 42.7 Å². The molecule has 96 valence electrons. The highest BCUT2D eigenvalue weighted by atomic mass is 32.1. The molecule has 2 heterocycles. The maximum absolute atomic E-state index is 4.44. The van der Waals surface area contributed by atoms with Gasteiger partial charge in [-0.25, -0.2) is 4.98 Å². The summed E-state index contributed by atoms with van der Waals surface area (Å²) in [5, 5.41) is 5.83. The number of nitrogens with zero attached hydrogens (tertiary/aromatic N) is 2. The third kappa shape index (κ3) is 2.17. The molecular weight excluding hydrogens is 242 g/mol. The fourth-order valence-electron chi connectivity index (χ4n) is 2.66. The minimum atomic E-state index is 0.443. The van der Waals surface area contributed by atoms with E-state index in [1.54, 1.807) is 4.88 Å². The smallest absolute Gasteiger partial charge is 0.203 e. The van der Waals surface area contributed by atoms with Gasteiger partial charge in [-0.3, -0.25) is 0 Å². The molecule has 0 spiro atoms. The van der Waals surface area contributed by atoms with Crippen LogP contribution in [0.4, 0.5) is 5.95 Å². The van der Waals surface area contributed by atoms with Gasteiger partial charge in [0.2, 0.25) is 5.95 Å². The molecule has 0 bridgehead atoms. The number of hydrogen-bond acceptors (Lipinski definition) is 3. The molecule has 1 aliphatic rings. The summed E-state index contributed by atoms with van der Waals surface area (Å²) in [4.78, 5) is 5.99. The molecule has 0 fully saturated rings. The van der Waals surface area contributed by atoms with E-state index in [1.807, 2.05) is 17.5 Å². The van der Waals surface area contributed by atoms with Crippen LogP contribution in [0.15, 0.2) is 23.8 Å².